The highest BCUT2D eigenvalue weighted by molar-refractivity contribution is 7.99. The molecule has 0 saturated heterocycles. The summed E-state index contributed by atoms with van der Waals surface area (Å²) in [5.41, 5.74) is 2.83. The molecule has 0 unspecified atom stereocenters. The van der Waals surface area contributed by atoms with E-state index in [0.29, 0.717) is 11.7 Å². The number of aromatic nitrogens is 3. The molecule has 4 aromatic rings. The number of hydrogen-bond acceptors (Lipinski definition) is 4. The first-order valence-electron chi connectivity index (χ1n) is 8.73. The average Bonchev–Trinajstić information content (AvgIpc) is 3.06. The summed E-state index contributed by atoms with van der Waals surface area (Å²) in [6, 6.07) is 19.8. The van der Waals surface area contributed by atoms with Crippen LogP contribution in [0.15, 0.2) is 78.1 Å². The van der Waals surface area contributed by atoms with Crippen molar-refractivity contribution in [2.75, 3.05) is 11.1 Å². The standard InChI is InChI=1S/C21H17FN4OS/c22-16-9-4-5-10-17(16)24-19(27)14-28-21-25-18-11-6-12-23-20(18)26(21)13-15-7-2-1-3-8-15/h1-12H,13-14H2,(H,24,27). The van der Waals surface area contributed by atoms with Crippen molar-refractivity contribution in [2.45, 2.75) is 11.7 Å². The van der Waals surface area contributed by atoms with E-state index in [2.05, 4.69) is 15.3 Å². The Hall–Kier alpha value is -3.19. The number of halogens is 1. The number of nitrogens with zero attached hydrogens (tertiary/aromatic N) is 3. The van der Waals surface area contributed by atoms with Gasteiger partial charge in [0.15, 0.2) is 10.8 Å². The lowest BCUT2D eigenvalue weighted by Crippen LogP contribution is -2.15. The van der Waals surface area contributed by atoms with E-state index in [1.807, 2.05) is 47.0 Å². The van der Waals surface area contributed by atoms with Crippen molar-refractivity contribution in [3.05, 3.63) is 84.3 Å². The number of imidazole rings is 1. The van der Waals surface area contributed by atoms with Gasteiger partial charge >= 0.3 is 0 Å². The highest BCUT2D eigenvalue weighted by atomic mass is 32.2. The first kappa shape index (κ1) is 18.2. The molecular weight excluding hydrogens is 375 g/mol. The number of fused-ring (bicyclic) bond motifs is 1. The molecule has 0 bridgehead atoms. The molecule has 2 aromatic carbocycles. The van der Waals surface area contributed by atoms with Crippen LogP contribution in [0.2, 0.25) is 0 Å². The molecule has 0 radical (unpaired) electrons. The fourth-order valence-corrected chi connectivity index (χ4v) is 3.64. The zero-order valence-corrected chi connectivity index (χ0v) is 15.7. The van der Waals surface area contributed by atoms with Gasteiger partial charge in [0.25, 0.3) is 0 Å². The number of nitrogens with one attached hydrogen (secondary N) is 1. The van der Waals surface area contributed by atoms with Crippen LogP contribution in [0, 0.1) is 5.82 Å². The van der Waals surface area contributed by atoms with Gasteiger partial charge in [-0.25, -0.2) is 14.4 Å². The maximum Gasteiger partial charge on any atom is 0.234 e. The first-order chi connectivity index (χ1) is 13.7. The summed E-state index contributed by atoms with van der Waals surface area (Å²) in [5, 5.41) is 3.29. The van der Waals surface area contributed by atoms with Crippen LogP contribution in [0.3, 0.4) is 0 Å². The summed E-state index contributed by atoms with van der Waals surface area (Å²) in [5.74, 6) is -0.630. The number of carbonyl (C=O) groups excluding carboxylic acids is 1. The maximum atomic E-state index is 13.7. The number of carbonyl (C=O) groups is 1. The van der Waals surface area contributed by atoms with Gasteiger partial charge in [-0.15, -0.1) is 0 Å². The van der Waals surface area contributed by atoms with Crippen molar-refractivity contribution < 1.29 is 9.18 Å². The fourth-order valence-electron chi connectivity index (χ4n) is 2.84. The molecule has 5 nitrogen and oxygen atoms in total. The van der Waals surface area contributed by atoms with Crippen LogP contribution >= 0.6 is 11.8 Å². The van der Waals surface area contributed by atoms with Gasteiger partial charge in [0.05, 0.1) is 18.0 Å². The third-order valence-electron chi connectivity index (χ3n) is 4.13. The molecule has 0 fully saturated rings. The smallest absolute Gasteiger partial charge is 0.234 e. The second-order valence-electron chi connectivity index (χ2n) is 6.13. The number of thioether (sulfide) groups is 1. The number of benzene rings is 2. The zero-order chi connectivity index (χ0) is 19.3. The Morgan fingerprint density at radius 3 is 2.64 bits per heavy atom. The molecule has 2 heterocycles. The van der Waals surface area contributed by atoms with E-state index in [1.54, 1.807) is 18.3 Å². The van der Waals surface area contributed by atoms with Gasteiger partial charge in [-0.05, 0) is 29.8 Å². The Kier molecular flexibility index (Phi) is 5.34. The Bertz CT molecular complexity index is 1110. The number of rotatable bonds is 6. The average molecular weight is 392 g/mol. The third-order valence-corrected chi connectivity index (χ3v) is 5.11. The molecule has 7 heteroatoms. The number of amides is 1. The molecule has 1 N–H and O–H groups in total. The van der Waals surface area contributed by atoms with Crippen molar-refractivity contribution >= 4 is 34.5 Å². The first-order valence-corrected chi connectivity index (χ1v) is 9.71. The normalized spacial score (nSPS) is 10.9. The minimum atomic E-state index is -0.457. The highest BCUT2D eigenvalue weighted by Crippen LogP contribution is 2.24. The molecule has 140 valence electrons. The van der Waals surface area contributed by atoms with Gasteiger partial charge < -0.3 is 5.32 Å². The summed E-state index contributed by atoms with van der Waals surface area (Å²) < 4.78 is 15.7. The van der Waals surface area contributed by atoms with Gasteiger partial charge in [0.1, 0.15) is 11.3 Å². The maximum absolute atomic E-state index is 13.7. The Labute approximate surface area is 165 Å². The molecule has 28 heavy (non-hydrogen) atoms. The van der Waals surface area contributed by atoms with Crippen LogP contribution in [0.25, 0.3) is 11.2 Å². The molecule has 2 aromatic heterocycles. The van der Waals surface area contributed by atoms with E-state index < -0.39 is 5.82 Å². The van der Waals surface area contributed by atoms with Crippen LogP contribution in [-0.2, 0) is 11.3 Å². The van der Waals surface area contributed by atoms with Gasteiger partial charge in [0, 0.05) is 6.20 Å². The van der Waals surface area contributed by atoms with Gasteiger partial charge in [-0.3, -0.25) is 9.36 Å². The van der Waals surface area contributed by atoms with Gasteiger partial charge in [-0.2, -0.15) is 0 Å². The molecule has 0 aliphatic rings. The van der Waals surface area contributed by atoms with Crippen molar-refractivity contribution in [2.24, 2.45) is 0 Å². The minimum absolute atomic E-state index is 0.118. The SMILES string of the molecule is O=C(CSc1nc2cccnc2n1Cc1ccccc1)Nc1ccccc1F. The predicted octanol–water partition coefficient (Wildman–Crippen LogP) is 4.35. The molecule has 0 aliphatic heterocycles. The second-order valence-corrected chi connectivity index (χ2v) is 7.07. The van der Waals surface area contributed by atoms with E-state index in [1.165, 1.54) is 23.9 Å². The number of pyridine rings is 1. The molecule has 0 saturated carbocycles. The largest absolute Gasteiger partial charge is 0.323 e. The monoisotopic (exact) mass is 392 g/mol. The third kappa shape index (κ3) is 4.04. The van der Waals surface area contributed by atoms with Crippen LogP contribution in [0.4, 0.5) is 10.1 Å². The Balaban J connectivity index is 1.54. The number of hydrogen-bond donors (Lipinski definition) is 1. The van der Waals surface area contributed by atoms with Crippen molar-refractivity contribution in [1.29, 1.82) is 0 Å². The van der Waals surface area contributed by atoms with E-state index >= 15 is 0 Å². The summed E-state index contributed by atoms with van der Waals surface area (Å²) in [7, 11) is 0. The van der Waals surface area contributed by atoms with E-state index in [-0.39, 0.29) is 17.3 Å². The molecular formula is C21H17FN4OS. The van der Waals surface area contributed by atoms with Crippen LogP contribution in [0.1, 0.15) is 5.56 Å². The Morgan fingerprint density at radius 2 is 1.82 bits per heavy atom. The zero-order valence-electron chi connectivity index (χ0n) is 14.9. The number of anilines is 1. The minimum Gasteiger partial charge on any atom is -0.323 e. The predicted molar refractivity (Wildman–Crippen MR) is 109 cm³/mol. The van der Waals surface area contributed by atoms with Crippen molar-refractivity contribution in [3.8, 4) is 0 Å². The summed E-state index contributed by atoms with van der Waals surface area (Å²) >= 11 is 1.30. The second kappa shape index (κ2) is 8.22. The highest BCUT2D eigenvalue weighted by Gasteiger charge is 2.15. The molecule has 0 aliphatic carbocycles. The quantitative estimate of drug-likeness (QED) is 0.496. The van der Waals surface area contributed by atoms with E-state index in [4.69, 9.17) is 0 Å². The van der Waals surface area contributed by atoms with Gasteiger partial charge in [-0.1, -0.05) is 54.2 Å². The summed E-state index contributed by atoms with van der Waals surface area (Å²) in [6.45, 7) is 0.603. The van der Waals surface area contributed by atoms with Gasteiger partial charge in [0.2, 0.25) is 5.91 Å². The van der Waals surface area contributed by atoms with Crippen LogP contribution < -0.4 is 5.32 Å². The van der Waals surface area contributed by atoms with Crippen molar-refractivity contribution in [1.82, 2.24) is 14.5 Å². The fraction of sp³-hybridized carbons (Fsp3) is 0.0952. The Morgan fingerprint density at radius 1 is 1.04 bits per heavy atom. The van der Waals surface area contributed by atoms with Crippen molar-refractivity contribution in [3.63, 3.8) is 0 Å². The lowest BCUT2D eigenvalue weighted by molar-refractivity contribution is -0.113. The van der Waals surface area contributed by atoms with Crippen LogP contribution in [-0.4, -0.2) is 26.2 Å². The van der Waals surface area contributed by atoms with E-state index in [0.717, 1.165) is 16.7 Å². The molecule has 4 rings (SSSR count). The summed E-state index contributed by atoms with van der Waals surface area (Å²) in [4.78, 5) is 21.3. The summed E-state index contributed by atoms with van der Waals surface area (Å²) in [6.07, 6.45) is 1.73. The lowest BCUT2D eigenvalue weighted by Gasteiger charge is -2.09. The molecule has 0 atom stereocenters. The van der Waals surface area contributed by atoms with E-state index in [9.17, 15) is 9.18 Å². The molecule has 1 amide bonds. The van der Waals surface area contributed by atoms with Crippen LogP contribution in [0.5, 0.6) is 0 Å². The number of para-hydroxylation sites is 1. The lowest BCUT2D eigenvalue weighted by atomic mass is 10.2. The molecule has 0 spiro atoms. The topological polar surface area (TPSA) is 59.8 Å².